The third-order valence-electron chi connectivity index (χ3n) is 2.98. The molecule has 4 heteroatoms. The summed E-state index contributed by atoms with van der Waals surface area (Å²) in [6.45, 7) is 0.329. The number of aliphatic imine (C=N–C) groups is 2. The first-order valence-electron chi connectivity index (χ1n) is 6.05. The van der Waals surface area contributed by atoms with E-state index in [1.165, 1.54) is 0 Å². The van der Waals surface area contributed by atoms with Crippen LogP contribution in [0.4, 0.5) is 5.69 Å². The average molecular weight is 251 g/mol. The zero-order valence-electron chi connectivity index (χ0n) is 10.2. The molecule has 0 aromatic heterocycles. The predicted molar refractivity (Wildman–Crippen MR) is 75.4 cm³/mol. The molecule has 2 aromatic carbocycles. The van der Waals surface area contributed by atoms with Crippen LogP contribution in [0.25, 0.3) is 0 Å². The minimum Gasteiger partial charge on any atom is -0.290 e. The third kappa shape index (κ3) is 2.26. The van der Waals surface area contributed by atoms with E-state index in [0.717, 1.165) is 22.5 Å². The predicted octanol–water partition coefficient (Wildman–Crippen LogP) is 2.55. The quantitative estimate of drug-likeness (QED) is 0.765. The summed E-state index contributed by atoms with van der Waals surface area (Å²) in [6.07, 6.45) is 0. The summed E-state index contributed by atoms with van der Waals surface area (Å²) in [6, 6.07) is 17.8. The molecule has 0 bridgehead atoms. The summed E-state index contributed by atoms with van der Waals surface area (Å²) >= 11 is 0. The number of benzene rings is 2. The molecule has 0 unspecified atom stereocenters. The molecule has 4 nitrogen and oxygen atoms in total. The minimum absolute atomic E-state index is 0.329. The van der Waals surface area contributed by atoms with Gasteiger partial charge in [-0.25, -0.2) is 4.99 Å². The van der Waals surface area contributed by atoms with Crippen molar-refractivity contribution in [3.63, 3.8) is 0 Å². The highest BCUT2D eigenvalue weighted by molar-refractivity contribution is 6.17. The van der Waals surface area contributed by atoms with Gasteiger partial charge in [-0.1, -0.05) is 48.5 Å². The Labute approximate surface area is 111 Å². The van der Waals surface area contributed by atoms with Crippen LogP contribution in [0.2, 0.25) is 0 Å². The number of nitrogens with zero attached hydrogens (tertiary/aromatic N) is 2. The number of amidine groups is 1. The van der Waals surface area contributed by atoms with Crippen LogP contribution < -0.4 is 5.48 Å². The van der Waals surface area contributed by atoms with Crippen LogP contribution in [0, 0.1) is 0 Å². The normalized spacial score (nSPS) is 13.9. The van der Waals surface area contributed by atoms with Gasteiger partial charge in [0.15, 0.2) is 0 Å². The van der Waals surface area contributed by atoms with Gasteiger partial charge < -0.3 is 0 Å². The number of hydroxylamine groups is 1. The largest absolute Gasteiger partial charge is 0.290 e. The lowest BCUT2D eigenvalue weighted by Crippen LogP contribution is -2.21. The van der Waals surface area contributed by atoms with E-state index in [0.29, 0.717) is 12.4 Å². The van der Waals surface area contributed by atoms with Crippen LogP contribution >= 0.6 is 0 Å². The zero-order chi connectivity index (χ0) is 13.1. The highest BCUT2D eigenvalue weighted by Gasteiger charge is 2.14. The maximum Gasteiger partial charge on any atom is 0.147 e. The molecular formula is C15H13N3O. The Morgan fingerprint density at radius 2 is 1.68 bits per heavy atom. The van der Waals surface area contributed by atoms with Gasteiger partial charge in [-0.2, -0.15) is 0 Å². The Bertz CT molecular complexity index is 647. The van der Waals surface area contributed by atoms with E-state index in [1.54, 1.807) is 0 Å². The van der Waals surface area contributed by atoms with Gasteiger partial charge in [-0.05, 0) is 6.07 Å². The van der Waals surface area contributed by atoms with Crippen molar-refractivity contribution in [2.45, 2.75) is 0 Å². The Morgan fingerprint density at radius 3 is 2.47 bits per heavy atom. The summed E-state index contributed by atoms with van der Waals surface area (Å²) in [5.41, 5.74) is 5.82. The lowest BCUT2D eigenvalue weighted by atomic mass is 10.0. The van der Waals surface area contributed by atoms with Gasteiger partial charge in [0.2, 0.25) is 0 Å². The van der Waals surface area contributed by atoms with Gasteiger partial charge >= 0.3 is 0 Å². The van der Waals surface area contributed by atoms with Gasteiger partial charge in [0.1, 0.15) is 5.84 Å². The number of hydrogen-bond donors (Lipinski definition) is 2. The van der Waals surface area contributed by atoms with Gasteiger partial charge in [0, 0.05) is 11.1 Å². The van der Waals surface area contributed by atoms with Crippen molar-refractivity contribution >= 4 is 17.2 Å². The van der Waals surface area contributed by atoms with Gasteiger partial charge in [0.05, 0.1) is 17.9 Å². The second kappa shape index (κ2) is 5.04. The number of para-hydroxylation sites is 1. The van der Waals surface area contributed by atoms with Crippen molar-refractivity contribution in [2.75, 3.05) is 6.54 Å². The second-order valence-corrected chi connectivity index (χ2v) is 4.22. The van der Waals surface area contributed by atoms with Gasteiger partial charge in [-0.3, -0.25) is 15.7 Å². The summed E-state index contributed by atoms with van der Waals surface area (Å²) in [5.74, 6) is 0.443. The van der Waals surface area contributed by atoms with Crippen LogP contribution in [0.5, 0.6) is 0 Å². The molecule has 3 rings (SSSR count). The van der Waals surface area contributed by atoms with Crippen molar-refractivity contribution in [2.24, 2.45) is 9.98 Å². The molecule has 0 saturated heterocycles. The Morgan fingerprint density at radius 1 is 0.947 bits per heavy atom. The smallest absolute Gasteiger partial charge is 0.147 e. The summed E-state index contributed by atoms with van der Waals surface area (Å²) in [7, 11) is 0. The Balaban J connectivity index is 2.16. The maximum atomic E-state index is 9.05. The number of nitrogens with one attached hydrogen (secondary N) is 1. The average Bonchev–Trinajstić information content (AvgIpc) is 2.67. The van der Waals surface area contributed by atoms with Crippen molar-refractivity contribution in [3.8, 4) is 0 Å². The fraction of sp³-hybridized carbons (Fsp3) is 0.0667. The molecule has 1 aliphatic heterocycles. The highest BCUT2D eigenvalue weighted by atomic mass is 16.5. The van der Waals surface area contributed by atoms with Crippen molar-refractivity contribution < 1.29 is 5.21 Å². The molecule has 0 aliphatic carbocycles. The molecule has 0 spiro atoms. The molecule has 1 heterocycles. The molecule has 1 aliphatic rings. The molecular weight excluding hydrogens is 238 g/mol. The van der Waals surface area contributed by atoms with E-state index in [-0.39, 0.29) is 0 Å². The molecule has 2 aromatic rings. The standard InChI is InChI=1S/C15H13N3O/c19-18-14-10-16-15(11-6-2-1-3-7-11)12-8-4-5-9-13(12)17-14/h1-9,19H,10H2,(H,17,18). The minimum atomic E-state index is 0.329. The van der Waals surface area contributed by atoms with E-state index < -0.39 is 0 Å². The summed E-state index contributed by atoms with van der Waals surface area (Å²) < 4.78 is 0. The SMILES string of the molecule is ONC1=Nc2ccccc2C(c2ccccc2)=NC1. The lowest BCUT2D eigenvalue weighted by Gasteiger charge is -2.07. The molecule has 19 heavy (non-hydrogen) atoms. The van der Waals surface area contributed by atoms with Crippen LogP contribution in [0.1, 0.15) is 11.1 Å². The fourth-order valence-corrected chi connectivity index (χ4v) is 2.09. The van der Waals surface area contributed by atoms with Crippen LogP contribution in [0.15, 0.2) is 64.6 Å². The molecule has 0 radical (unpaired) electrons. The fourth-order valence-electron chi connectivity index (χ4n) is 2.09. The van der Waals surface area contributed by atoms with Crippen molar-refractivity contribution in [3.05, 3.63) is 65.7 Å². The lowest BCUT2D eigenvalue weighted by molar-refractivity contribution is 0.233. The first-order chi connectivity index (χ1) is 9.38. The van der Waals surface area contributed by atoms with Crippen molar-refractivity contribution in [1.29, 1.82) is 0 Å². The topological polar surface area (TPSA) is 57.0 Å². The van der Waals surface area contributed by atoms with Gasteiger partial charge in [0.25, 0.3) is 0 Å². The van der Waals surface area contributed by atoms with E-state index in [1.807, 2.05) is 54.6 Å². The summed E-state index contributed by atoms with van der Waals surface area (Å²) in [5, 5.41) is 9.05. The Kier molecular flexibility index (Phi) is 3.08. The number of rotatable bonds is 1. The highest BCUT2D eigenvalue weighted by Crippen LogP contribution is 2.24. The van der Waals surface area contributed by atoms with E-state index in [2.05, 4.69) is 15.5 Å². The molecule has 0 atom stereocenters. The molecule has 94 valence electrons. The van der Waals surface area contributed by atoms with E-state index in [4.69, 9.17) is 5.21 Å². The second-order valence-electron chi connectivity index (χ2n) is 4.22. The number of fused-ring (bicyclic) bond motifs is 1. The number of hydrogen-bond acceptors (Lipinski definition) is 4. The maximum absolute atomic E-state index is 9.05. The first-order valence-corrected chi connectivity index (χ1v) is 6.05. The molecule has 0 saturated carbocycles. The third-order valence-corrected chi connectivity index (χ3v) is 2.98. The van der Waals surface area contributed by atoms with Crippen molar-refractivity contribution in [1.82, 2.24) is 5.48 Å². The Hall–Kier alpha value is -2.46. The summed E-state index contributed by atoms with van der Waals surface area (Å²) in [4.78, 5) is 8.92. The first kappa shape index (κ1) is 11.6. The van der Waals surface area contributed by atoms with E-state index in [9.17, 15) is 0 Å². The van der Waals surface area contributed by atoms with Crippen LogP contribution in [-0.2, 0) is 0 Å². The van der Waals surface area contributed by atoms with Crippen LogP contribution in [-0.4, -0.2) is 23.3 Å². The zero-order valence-corrected chi connectivity index (χ0v) is 10.2. The molecule has 2 N–H and O–H groups in total. The van der Waals surface area contributed by atoms with Gasteiger partial charge in [-0.15, -0.1) is 0 Å². The molecule has 0 fully saturated rings. The monoisotopic (exact) mass is 251 g/mol. The van der Waals surface area contributed by atoms with E-state index >= 15 is 0 Å². The van der Waals surface area contributed by atoms with Crippen LogP contribution in [0.3, 0.4) is 0 Å². The molecule has 0 amide bonds.